The molecule has 9 heteroatoms. The summed E-state index contributed by atoms with van der Waals surface area (Å²) in [6, 6.07) is 2.80. The first-order valence-electron chi connectivity index (χ1n) is 5.73. The fraction of sp³-hybridized carbons (Fsp3) is 0.250. The van der Waals surface area contributed by atoms with Crippen molar-refractivity contribution in [2.75, 3.05) is 7.05 Å². The van der Waals surface area contributed by atoms with Gasteiger partial charge in [0.15, 0.2) is 0 Å². The van der Waals surface area contributed by atoms with Gasteiger partial charge < -0.3 is 0 Å². The van der Waals surface area contributed by atoms with Gasteiger partial charge in [0.2, 0.25) is 10.0 Å². The van der Waals surface area contributed by atoms with Crippen molar-refractivity contribution < 1.29 is 8.42 Å². The Labute approximate surface area is 142 Å². The molecule has 2 aromatic rings. The summed E-state index contributed by atoms with van der Waals surface area (Å²) >= 11 is 19.1. The quantitative estimate of drug-likeness (QED) is 0.731. The Morgan fingerprint density at radius 3 is 2.57 bits per heavy atom. The summed E-state index contributed by atoms with van der Waals surface area (Å²) in [6.45, 7) is 0.168. The van der Waals surface area contributed by atoms with Crippen molar-refractivity contribution in [3.63, 3.8) is 0 Å². The van der Waals surface area contributed by atoms with Gasteiger partial charge in [-0.15, -0.1) is 22.9 Å². The molecule has 0 amide bonds. The van der Waals surface area contributed by atoms with E-state index in [0.29, 0.717) is 16.3 Å². The summed E-state index contributed by atoms with van der Waals surface area (Å²) in [5.41, 5.74) is 2.84. The molecule has 1 aromatic heterocycles. The second-order valence-corrected chi connectivity index (χ2v) is 8.06. The van der Waals surface area contributed by atoms with E-state index in [0.717, 1.165) is 0 Å². The van der Waals surface area contributed by atoms with Crippen LogP contribution in [0.3, 0.4) is 0 Å². The zero-order valence-electron chi connectivity index (χ0n) is 10.9. The predicted molar refractivity (Wildman–Crippen MR) is 86.8 cm³/mol. The molecule has 0 fully saturated rings. The molecule has 0 aliphatic rings. The predicted octanol–water partition coefficient (Wildman–Crippen LogP) is 4.01. The van der Waals surface area contributed by atoms with Crippen LogP contribution in [0.25, 0.3) is 0 Å². The molecule has 0 spiro atoms. The SMILES string of the molecule is CN(Cc1cscn1)S(=O)(=O)c1cc(CCl)c(Cl)cc1Cl. The molecule has 21 heavy (non-hydrogen) atoms. The number of benzene rings is 1. The first-order chi connectivity index (χ1) is 9.86. The molecule has 0 unspecified atom stereocenters. The maximum absolute atomic E-state index is 12.6. The van der Waals surface area contributed by atoms with Crippen LogP contribution in [0.15, 0.2) is 27.9 Å². The van der Waals surface area contributed by atoms with Gasteiger partial charge in [0.1, 0.15) is 4.90 Å². The average Bonchev–Trinajstić information content (AvgIpc) is 2.91. The molecule has 114 valence electrons. The number of nitrogens with zero attached hydrogens (tertiary/aromatic N) is 2. The number of hydrogen-bond acceptors (Lipinski definition) is 4. The molecule has 0 N–H and O–H groups in total. The van der Waals surface area contributed by atoms with E-state index < -0.39 is 10.0 Å². The third-order valence-electron chi connectivity index (χ3n) is 2.80. The van der Waals surface area contributed by atoms with E-state index in [9.17, 15) is 8.42 Å². The Balaban J connectivity index is 2.39. The van der Waals surface area contributed by atoms with Crippen LogP contribution in [-0.2, 0) is 22.4 Å². The van der Waals surface area contributed by atoms with Gasteiger partial charge in [-0.25, -0.2) is 13.4 Å². The number of sulfonamides is 1. The first-order valence-corrected chi connectivity index (χ1v) is 9.41. The van der Waals surface area contributed by atoms with Gasteiger partial charge in [0.05, 0.1) is 22.8 Å². The summed E-state index contributed by atoms with van der Waals surface area (Å²) in [5, 5.41) is 2.20. The normalized spacial score (nSPS) is 12.0. The van der Waals surface area contributed by atoms with Crippen LogP contribution in [0.4, 0.5) is 0 Å². The maximum atomic E-state index is 12.6. The van der Waals surface area contributed by atoms with Crippen molar-refractivity contribution in [3.8, 4) is 0 Å². The Morgan fingerprint density at radius 2 is 2.00 bits per heavy atom. The minimum Gasteiger partial charge on any atom is -0.248 e. The fourth-order valence-corrected chi connectivity index (χ4v) is 4.48. The van der Waals surface area contributed by atoms with Gasteiger partial charge in [-0.3, -0.25) is 0 Å². The van der Waals surface area contributed by atoms with Crippen LogP contribution in [0.5, 0.6) is 0 Å². The number of thiazole rings is 1. The molecule has 0 radical (unpaired) electrons. The summed E-state index contributed by atoms with van der Waals surface area (Å²) in [6.07, 6.45) is 0. The first kappa shape index (κ1) is 17.0. The summed E-state index contributed by atoms with van der Waals surface area (Å²) in [4.78, 5) is 4.06. The van der Waals surface area contributed by atoms with Crippen LogP contribution >= 0.6 is 46.1 Å². The van der Waals surface area contributed by atoms with Crippen molar-refractivity contribution in [3.05, 3.63) is 44.3 Å². The van der Waals surface area contributed by atoms with Gasteiger partial charge in [0.25, 0.3) is 0 Å². The lowest BCUT2D eigenvalue weighted by molar-refractivity contribution is 0.463. The monoisotopic (exact) mass is 384 g/mol. The molecule has 0 atom stereocenters. The van der Waals surface area contributed by atoms with Crippen LogP contribution in [0.1, 0.15) is 11.3 Å². The molecule has 0 bridgehead atoms. The lowest BCUT2D eigenvalue weighted by Gasteiger charge is -2.18. The molecular formula is C12H11Cl3N2O2S2. The van der Waals surface area contributed by atoms with E-state index in [2.05, 4.69) is 4.98 Å². The Morgan fingerprint density at radius 1 is 1.29 bits per heavy atom. The number of hydrogen-bond donors (Lipinski definition) is 0. The highest BCUT2D eigenvalue weighted by molar-refractivity contribution is 7.89. The minimum absolute atomic E-state index is 0.0121. The van der Waals surface area contributed by atoms with Gasteiger partial charge >= 0.3 is 0 Å². The Hall–Kier alpha value is -0.370. The molecule has 0 saturated heterocycles. The molecule has 4 nitrogen and oxygen atoms in total. The number of alkyl halides is 1. The summed E-state index contributed by atoms with van der Waals surface area (Å²) in [5.74, 6) is 0.105. The smallest absolute Gasteiger partial charge is 0.244 e. The van der Waals surface area contributed by atoms with Crippen molar-refractivity contribution in [1.82, 2.24) is 9.29 Å². The van der Waals surface area contributed by atoms with Crippen LogP contribution in [-0.4, -0.2) is 24.8 Å². The molecule has 2 rings (SSSR count). The standard InChI is InChI=1S/C12H11Cl3N2O2S2/c1-17(5-9-6-20-7-16-9)21(18,19)12-2-8(4-13)10(14)3-11(12)15/h2-3,6-7H,4-5H2,1H3. The highest BCUT2D eigenvalue weighted by Gasteiger charge is 2.25. The molecule has 1 heterocycles. The third-order valence-corrected chi connectivity index (χ3v) is 6.34. The summed E-state index contributed by atoms with van der Waals surface area (Å²) in [7, 11) is -2.27. The largest absolute Gasteiger partial charge is 0.248 e. The van der Waals surface area contributed by atoms with Crippen molar-refractivity contribution in [1.29, 1.82) is 0 Å². The van der Waals surface area contributed by atoms with Crippen molar-refractivity contribution >= 4 is 56.2 Å². The molecule has 0 saturated carbocycles. The Bertz CT molecular complexity index is 733. The van der Waals surface area contributed by atoms with E-state index in [1.54, 1.807) is 10.9 Å². The van der Waals surface area contributed by atoms with Crippen molar-refractivity contribution in [2.24, 2.45) is 0 Å². The second kappa shape index (κ2) is 6.81. The number of rotatable bonds is 5. The lowest BCUT2D eigenvalue weighted by Crippen LogP contribution is -2.27. The molecule has 1 aromatic carbocycles. The zero-order valence-corrected chi connectivity index (χ0v) is 14.8. The van der Waals surface area contributed by atoms with E-state index >= 15 is 0 Å². The lowest BCUT2D eigenvalue weighted by atomic mass is 10.2. The Kier molecular flexibility index (Phi) is 5.51. The van der Waals surface area contributed by atoms with Gasteiger partial charge in [-0.2, -0.15) is 4.31 Å². The van der Waals surface area contributed by atoms with Gasteiger partial charge in [-0.1, -0.05) is 23.2 Å². The minimum atomic E-state index is -3.75. The van der Waals surface area contributed by atoms with E-state index in [1.165, 1.54) is 34.8 Å². The third kappa shape index (κ3) is 3.70. The fourth-order valence-electron chi connectivity index (χ4n) is 1.67. The molecule has 0 aliphatic heterocycles. The average molecular weight is 386 g/mol. The van der Waals surface area contributed by atoms with Crippen molar-refractivity contribution in [2.45, 2.75) is 17.3 Å². The molecular weight excluding hydrogens is 375 g/mol. The number of aromatic nitrogens is 1. The summed E-state index contributed by atoms with van der Waals surface area (Å²) < 4.78 is 26.4. The van der Waals surface area contributed by atoms with E-state index in [-0.39, 0.29) is 22.3 Å². The van der Waals surface area contributed by atoms with Gasteiger partial charge in [0, 0.05) is 23.3 Å². The van der Waals surface area contributed by atoms with Crippen LogP contribution in [0, 0.1) is 0 Å². The molecule has 0 aliphatic carbocycles. The van der Waals surface area contributed by atoms with E-state index in [1.807, 2.05) is 0 Å². The highest BCUT2D eigenvalue weighted by atomic mass is 35.5. The topological polar surface area (TPSA) is 50.3 Å². The maximum Gasteiger partial charge on any atom is 0.244 e. The number of halogens is 3. The zero-order chi connectivity index (χ0) is 15.6. The van der Waals surface area contributed by atoms with Gasteiger partial charge in [-0.05, 0) is 17.7 Å². The second-order valence-electron chi connectivity index (χ2n) is 4.25. The van der Waals surface area contributed by atoms with Crippen LogP contribution < -0.4 is 0 Å². The van der Waals surface area contributed by atoms with Crippen LogP contribution in [0.2, 0.25) is 10.0 Å². The highest BCUT2D eigenvalue weighted by Crippen LogP contribution is 2.31. The van der Waals surface area contributed by atoms with E-state index in [4.69, 9.17) is 34.8 Å².